The van der Waals surface area contributed by atoms with Crippen molar-refractivity contribution in [1.29, 1.82) is 0 Å². The first-order valence-electron chi connectivity index (χ1n) is 8.07. The number of nitrogens with two attached hydrogens (primary N) is 1. The van der Waals surface area contributed by atoms with E-state index in [2.05, 4.69) is 9.97 Å². The van der Waals surface area contributed by atoms with Gasteiger partial charge in [-0.3, -0.25) is 14.6 Å². The maximum atomic E-state index is 12.3. The first-order chi connectivity index (χ1) is 11.6. The fourth-order valence-corrected chi connectivity index (χ4v) is 3.05. The lowest BCUT2D eigenvalue weighted by Gasteiger charge is -2.31. The van der Waals surface area contributed by atoms with Crippen LogP contribution in [-0.4, -0.2) is 39.8 Å². The van der Waals surface area contributed by atoms with Gasteiger partial charge < -0.3 is 10.6 Å². The molecule has 1 aromatic heterocycles. The van der Waals surface area contributed by atoms with E-state index in [4.69, 9.17) is 5.73 Å². The van der Waals surface area contributed by atoms with Crippen LogP contribution in [0.15, 0.2) is 42.9 Å². The van der Waals surface area contributed by atoms with Crippen molar-refractivity contribution in [2.45, 2.75) is 19.3 Å². The molecule has 1 fully saturated rings. The van der Waals surface area contributed by atoms with Crippen LogP contribution in [0.2, 0.25) is 0 Å². The number of aromatic nitrogens is 2. The third-order valence-corrected chi connectivity index (χ3v) is 4.45. The lowest BCUT2D eigenvalue weighted by Crippen LogP contribution is -2.39. The van der Waals surface area contributed by atoms with E-state index in [1.165, 1.54) is 18.0 Å². The Morgan fingerprint density at radius 2 is 1.83 bits per heavy atom. The zero-order valence-electron chi connectivity index (χ0n) is 13.4. The van der Waals surface area contributed by atoms with Crippen LogP contribution < -0.4 is 5.73 Å². The van der Waals surface area contributed by atoms with Gasteiger partial charge in [0.1, 0.15) is 5.69 Å². The highest BCUT2D eigenvalue weighted by Gasteiger charge is 2.24. The second kappa shape index (κ2) is 7.21. The maximum absolute atomic E-state index is 12.3. The Morgan fingerprint density at radius 3 is 2.42 bits per heavy atom. The first-order valence-corrected chi connectivity index (χ1v) is 8.07. The number of likely N-dealkylation sites (tertiary alicyclic amines) is 1. The molecule has 0 atom stereocenters. The number of amides is 2. The Balaban J connectivity index is 1.53. The minimum atomic E-state index is -0.405. The Kier molecular flexibility index (Phi) is 4.84. The summed E-state index contributed by atoms with van der Waals surface area (Å²) < 4.78 is 0. The molecular formula is C18H20N4O2. The van der Waals surface area contributed by atoms with Crippen LogP contribution in [-0.2, 0) is 6.42 Å². The summed E-state index contributed by atoms with van der Waals surface area (Å²) in [5, 5.41) is 0. The molecule has 2 amide bonds. The number of carbonyl (C=O) groups is 2. The average Bonchev–Trinajstić information content (AvgIpc) is 2.63. The molecule has 3 rings (SSSR count). The summed E-state index contributed by atoms with van der Waals surface area (Å²) >= 11 is 0. The van der Waals surface area contributed by atoms with Crippen LogP contribution in [0.3, 0.4) is 0 Å². The van der Waals surface area contributed by atoms with Gasteiger partial charge in [0.15, 0.2) is 0 Å². The second-order valence-corrected chi connectivity index (χ2v) is 6.09. The lowest BCUT2D eigenvalue weighted by molar-refractivity contribution is 0.0684. The summed E-state index contributed by atoms with van der Waals surface area (Å²) in [5.41, 5.74) is 7.38. The van der Waals surface area contributed by atoms with Gasteiger partial charge in [-0.15, -0.1) is 0 Å². The van der Waals surface area contributed by atoms with Gasteiger partial charge in [-0.2, -0.15) is 0 Å². The van der Waals surface area contributed by atoms with Crippen molar-refractivity contribution in [2.24, 2.45) is 11.7 Å². The molecule has 1 aromatic carbocycles. The fraction of sp³-hybridized carbons (Fsp3) is 0.333. The summed E-state index contributed by atoms with van der Waals surface area (Å²) in [6.07, 6.45) is 7.48. The van der Waals surface area contributed by atoms with Gasteiger partial charge in [-0.25, -0.2) is 4.98 Å². The molecule has 0 unspecified atom stereocenters. The summed E-state index contributed by atoms with van der Waals surface area (Å²) in [4.78, 5) is 33.3. The monoisotopic (exact) mass is 324 g/mol. The van der Waals surface area contributed by atoms with Crippen LogP contribution in [0, 0.1) is 5.92 Å². The topological polar surface area (TPSA) is 89.2 Å². The smallest absolute Gasteiger partial charge is 0.274 e. The van der Waals surface area contributed by atoms with E-state index in [1.807, 2.05) is 17.0 Å². The normalized spacial score (nSPS) is 15.2. The van der Waals surface area contributed by atoms with Crippen LogP contribution >= 0.6 is 0 Å². The Labute approximate surface area is 140 Å². The molecule has 6 nitrogen and oxygen atoms in total. The highest BCUT2D eigenvalue weighted by Crippen LogP contribution is 2.22. The number of hydrogen-bond acceptors (Lipinski definition) is 4. The summed E-state index contributed by atoms with van der Waals surface area (Å²) in [7, 11) is 0. The third-order valence-electron chi connectivity index (χ3n) is 4.45. The average molecular weight is 324 g/mol. The van der Waals surface area contributed by atoms with Crippen LogP contribution in [0.25, 0.3) is 0 Å². The Morgan fingerprint density at radius 1 is 1.12 bits per heavy atom. The van der Waals surface area contributed by atoms with E-state index in [9.17, 15) is 9.59 Å². The SMILES string of the molecule is NC(=O)c1ccc(CC2CCN(C(=O)c3cnccn3)CC2)cc1. The number of rotatable bonds is 4. The molecule has 2 N–H and O–H groups in total. The van der Waals surface area contributed by atoms with Crippen molar-refractivity contribution in [3.8, 4) is 0 Å². The maximum Gasteiger partial charge on any atom is 0.274 e. The third kappa shape index (κ3) is 3.76. The van der Waals surface area contributed by atoms with E-state index in [0.29, 0.717) is 17.2 Å². The van der Waals surface area contributed by atoms with Crippen LogP contribution in [0.4, 0.5) is 0 Å². The van der Waals surface area contributed by atoms with Crippen molar-refractivity contribution >= 4 is 11.8 Å². The Hall–Kier alpha value is -2.76. The minimum absolute atomic E-state index is 0.0487. The van der Waals surface area contributed by atoms with Crippen molar-refractivity contribution in [2.75, 3.05) is 13.1 Å². The molecule has 124 valence electrons. The zero-order chi connectivity index (χ0) is 16.9. The zero-order valence-corrected chi connectivity index (χ0v) is 13.4. The quantitative estimate of drug-likeness (QED) is 0.926. The molecule has 0 saturated carbocycles. The fourth-order valence-electron chi connectivity index (χ4n) is 3.05. The minimum Gasteiger partial charge on any atom is -0.366 e. The molecule has 24 heavy (non-hydrogen) atoms. The van der Waals surface area contributed by atoms with E-state index >= 15 is 0 Å². The van der Waals surface area contributed by atoms with E-state index in [-0.39, 0.29) is 5.91 Å². The highest BCUT2D eigenvalue weighted by atomic mass is 16.2. The summed E-state index contributed by atoms with van der Waals surface area (Å²) in [6, 6.07) is 7.45. The standard InChI is InChI=1S/C18H20N4O2/c19-17(23)15-3-1-13(2-4-15)11-14-5-9-22(10-6-14)18(24)16-12-20-7-8-21-16/h1-4,7-8,12,14H,5-6,9-11H2,(H2,19,23). The van der Waals surface area contributed by atoms with Gasteiger partial charge in [-0.05, 0) is 42.9 Å². The number of piperidine rings is 1. The molecule has 1 aliphatic rings. The number of benzene rings is 1. The predicted molar refractivity (Wildman–Crippen MR) is 89.3 cm³/mol. The molecule has 6 heteroatoms. The molecule has 0 radical (unpaired) electrons. The molecule has 1 saturated heterocycles. The van der Waals surface area contributed by atoms with Gasteiger partial charge in [0.2, 0.25) is 5.91 Å². The number of primary amides is 1. The number of nitrogens with zero attached hydrogens (tertiary/aromatic N) is 3. The van der Waals surface area contributed by atoms with Crippen LogP contribution in [0.5, 0.6) is 0 Å². The second-order valence-electron chi connectivity index (χ2n) is 6.09. The van der Waals surface area contributed by atoms with Crippen molar-refractivity contribution < 1.29 is 9.59 Å². The van der Waals surface area contributed by atoms with Crippen molar-refractivity contribution in [1.82, 2.24) is 14.9 Å². The molecule has 0 spiro atoms. The first kappa shape index (κ1) is 16.1. The summed E-state index contributed by atoms with van der Waals surface area (Å²) in [6.45, 7) is 1.47. The predicted octanol–water partition coefficient (Wildman–Crippen LogP) is 1.67. The van der Waals surface area contributed by atoms with Crippen LogP contribution in [0.1, 0.15) is 39.3 Å². The molecule has 2 heterocycles. The van der Waals surface area contributed by atoms with E-state index < -0.39 is 5.91 Å². The van der Waals surface area contributed by atoms with Crippen molar-refractivity contribution in [3.63, 3.8) is 0 Å². The summed E-state index contributed by atoms with van der Waals surface area (Å²) in [5.74, 6) is 0.0834. The molecule has 1 aliphatic heterocycles. The molecule has 2 aromatic rings. The Bertz CT molecular complexity index is 708. The van der Waals surface area contributed by atoms with E-state index in [1.54, 1.807) is 18.3 Å². The number of carbonyl (C=O) groups excluding carboxylic acids is 2. The molecule has 0 bridgehead atoms. The number of hydrogen-bond donors (Lipinski definition) is 1. The van der Waals surface area contributed by atoms with Gasteiger partial charge in [0.25, 0.3) is 5.91 Å². The largest absolute Gasteiger partial charge is 0.366 e. The van der Waals surface area contributed by atoms with Crippen molar-refractivity contribution in [3.05, 3.63) is 59.7 Å². The lowest BCUT2D eigenvalue weighted by atomic mass is 9.90. The van der Waals surface area contributed by atoms with Gasteiger partial charge in [0.05, 0.1) is 6.20 Å². The van der Waals surface area contributed by atoms with Gasteiger partial charge in [-0.1, -0.05) is 12.1 Å². The van der Waals surface area contributed by atoms with Gasteiger partial charge >= 0.3 is 0 Å². The van der Waals surface area contributed by atoms with Gasteiger partial charge in [0, 0.05) is 31.0 Å². The molecule has 0 aliphatic carbocycles. The molecular weight excluding hydrogens is 304 g/mol. The van der Waals surface area contributed by atoms with E-state index in [0.717, 1.165) is 32.4 Å². The highest BCUT2D eigenvalue weighted by molar-refractivity contribution is 5.92.